The third kappa shape index (κ3) is 2.44. The van der Waals surface area contributed by atoms with Crippen molar-refractivity contribution in [2.45, 2.75) is 32.4 Å². The molecule has 26 heavy (non-hydrogen) atoms. The van der Waals surface area contributed by atoms with Gasteiger partial charge in [-0.1, -0.05) is 0 Å². The number of carbonyl (C=O) groups excluding carboxylic acids is 1. The number of pyridine rings is 1. The van der Waals surface area contributed by atoms with E-state index in [-0.39, 0.29) is 23.9 Å². The molecular weight excluding hydrogens is 336 g/mol. The third-order valence-electron chi connectivity index (χ3n) is 4.84. The van der Waals surface area contributed by atoms with Crippen molar-refractivity contribution in [3.8, 4) is 11.5 Å². The van der Waals surface area contributed by atoms with E-state index in [0.717, 1.165) is 5.56 Å². The van der Waals surface area contributed by atoms with E-state index in [2.05, 4.69) is 5.32 Å². The summed E-state index contributed by atoms with van der Waals surface area (Å²) in [7, 11) is 0. The van der Waals surface area contributed by atoms with E-state index < -0.39 is 17.2 Å². The summed E-state index contributed by atoms with van der Waals surface area (Å²) in [6, 6.07) is 6.26. The minimum Gasteiger partial charge on any atom is -0.508 e. The fraction of sp³-hybridized carbons (Fsp3) is 0.263. The van der Waals surface area contributed by atoms with Crippen LogP contribution in [0.5, 0.6) is 11.5 Å². The molecule has 0 fully saturated rings. The Bertz CT molecular complexity index is 1070. The quantitative estimate of drug-likeness (QED) is 0.670. The zero-order valence-corrected chi connectivity index (χ0v) is 14.2. The number of aromatic nitrogens is 1. The third-order valence-corrected chi connectivity index (χ3v) is 4.84. The summed E-state index contributed by atoms with van der Waals surface area (Å²) in [5, 5.41) is 23.5. The fourth-order valence-corrected chi connectivity index (χ4v) is 3.58. The molecule has 0 saturated heterocycles. The molecule has 1 atom stereocenters. The number of rotatable bonds is 3. The molecule has 0 radical (unpaired) electrons. The molecule has 0 spiro atoms. The van der Waals surface area contributed by atoms with E-state index in [4.69, 9.17) is 4.42 Å². The highest BCUT2D eigenvalue weighted by atomic mass is 16.3. The average Bonchev–Trinajstić information content (AvgIpc) is 3.12. The van der Waals surface area contributed by atoms with Gasteiger partial charge in [-0.05, 0) is 49.6 Å². The van der Waals surface area contributed by atoms with Gasteiger partial charge in [0.1, 0.15) is 22.8 Å². The molecule has 0 saturated carbocycles. The Morgan fingerprint density at radius 2 is 2.19 bits per heavy atom. The summed E-state index contributed by atoms with van der Waals surface area (Å²) < 4.78 is 6.70. The molecule has 7 heteroatoms. The van der Waals surface area contributed by atoms with Crippen LogP contribution in [0.25, 0.3) is 10.9 Å². The SMILES string of the molecule is CC1CCc2cc(O)cc3c(O)c(C(=O)NCc4ccco4)c(=O)n1c23. The molecule has 134 valence electrons. The van der Waals surface area contributed by atoms with Crippen LogP contribution >= 0.6 is 0 Å². The summed E-state index contributed by atoms with van der Waals surface area (Å²) in [6.07, 6.45) is 2.89. The second-order valence-electron chi connectivity index (χ2n) is 6.55. The lowest BCUT2D eigenvalue weighted by Crippen LogP contribution is -2.35. The van der Waals surface area contributed by atoms with Gasteiger partial charge in [0.15, 0.2) is 0 Å². The zero-order chi connectivity index (χ0) is 18.4. The number of phenols is 1. The highest BCUT2D eigenvalue weighted by Crippen LogP contribution is 2.37. The molecule has 3 aromatic rings. The molecule has 3 heterocycles. The second kappa shape index (κ2) is 5.94. The van der Waals surface area contributed by atoms with Gasteiger partial charge in [-0.25, -0.2) is 0 Å². The Morgan fingerprint density at radius 3 is 2.92 bits per heavy atom. The van der Waals surface area contributed by atoms with Gasteiger partial charge in [0, 0.05) is 11.4 Å². The van der Waals surface area contributed by atoms with Crippen LogP contribution in [0.2, 0.25) is 0 Å². The first-order chi connectivity index (χ1) is 12.5. The minimum atomic E-state index is -0.683. The topological polar surface area (TPSA) is 105 Å². The zero-order valence-electron chi connectivity index (χ0n) is 14.2. The molecule has 7 nitrogen and oxygen atoms in total. The predicted molar refractivity (Wildman–Crippen MR) is 94.4 cm³/mol. The normalized spacial score (nSPS) is 16.0. The van der Waals surface area contributed by atoms with Crippen molar-refractivity contribution in [3.63, 3.8) is 0 Å². The van der Waals surface area contributed by atoms with Gasteiger partial charge in [-0.15, -0.1) is 0 Å². The van der Waals surface area contributed by atoms with E-state index in [1.165, 1.54) is 16.9 Å². The lowest BCUT2D eigenvalue weighted by molar-refractivity contribution is 0.0943. The van der Waals surface area contributed by atoms with Gasteiger partial charge in [0.25, 0.3) is 11.5 Å². The highest BCUT2D eigenvalue weighted by molar-refractivity contribution is 6.03. The Labute approximate surface area is 148 Å². The van der Waals surface area contributed by atoms with Crippen molar-refractivity contribution in [2.24, 2.45) is 0 Å². The smallest absolute Gasteiger partial charge is 0.267 e. The minimum absolute atomic E-state index is 0.00973. The Kier molecular flexibility index (Phi) is 3.72. The van der Waals surface area contributed by atoms with Gasteiger partial charge in [-0.3, -0.25) is 9.59 Å². The second-order valence-corrected chi connectivity index (χ2v) is 6.55. The van der Waals surface area contributed by atoms with E-state index in [0.29, 0.717) is 29.5 Å². The van der Waals surface area contributed by atoms with Gasteiger partial charge in [0.05, 0.1) is 18.3 Å². The lowest BCUT2D eigenvalue weighted by Gasteiger charge is -2.26. The van der Waals surface area contributed by atoms with Crippen molar-refractivity contribution in [1.29, 1.82) is 0 Å². The fourth-order valence-electron chi connectivity index (χ4n) is 3.58. The first kappa shape index (κ1) is 16.3. The number of amides is 1. The van der Waals surface area contributed by atoms with Gasteiger partial charge < -0.3 is 24.5 Å². The first-order valence-corrected chi connectivity index (χ1v) is 8.41. The lowest BCUT2D eigenvalue weighted by atomic mass is 9.95. The molecule has 1 unspecified atom stereocenters. The van der Waals surface area contributed by atoms with Gasteiger partial charge in [0.2, 0.25) is 0 Å². The number of benzene rings is 1. The predicted octanol–water partition coefficient (Wildman–Crippen LogP) is 2.44. The standard InChI is InChI=1S/C19H18N2O5/c1-10-4-5-11-7-12(22)8-14-16(11)21(10)19(25)15(17(14)23)18(24)20-9-13-3-2-6-26-13/h2-3,6-8,10,22-23H,4-5,9H2,1H3,(H,20,24). The molecule has 4 rings (SSSR count). The van der Waals surface area contributed by atoms with Crippen LogP contribution in [0.3, 0.4) is 0 Å². The van der Waals surface area contributed by atoms with E-state index in [1.807, 2.05) is 6.92 Å². The molecule has 0 aliphatic carbocycles. The maximum absolute atomic E-state index is 13.0. The molecule has 2 aromatic heterocycles. The number of hydrogen-bond acceptors (Lipinski definition) is 5. The Hall–Kier alpha value is -3.22. The number of aromatic hydroxyl groups is 2. The monoisotopic (exact) mass is 354 g/mol. The number of aryl methyl sites for hydroxylation is 1. The molecule has 1 aliphatic heterocycles. The van der Waals surface area contributed by atoms with E-state index >= 15 is 0 Å². The van der Waals surface area contributed by atoms with Crippen molar-refractivity contribution in [3.05, 3.63) is 57.8 Å². The maximum Gasteiger partial charge on any atom is 0.267 e. The van der Waals surface area contributed by atoms with Crippen LogP contribution in [0.1, 0.15) is 41.1 Å². The molecule has 1 aromatic carbocycles. The number of furan rings is 1. The average molecular weight is 354 g/mol. The first-order valence-electron chi connectivity index (χ1n) is 8.41. The summed E-state index contributed by atoms with van der Waals surface area (Å²) in [5.41, 5.74) is 0.500. The molecule has 3 N–H and O–H groups in total. The molecule has 1 aliphatic rings. The van der Waals surface area contributed by atoms with Crippen LogP contribution in [-0.2, 0) is 13.0 Å². The number of phenolic OH excluding ortho intramolecular Hbond substituents is 1. The largest absolute Gasteiger partial charge is 0.508 e. The highest BCUT2D eigenvalue weighted by Gasteiger charge is 2.28. The molecular formula is C19H18N2O5. The summed E-state index contributed by atoms with van der Waals surface area (Å²) in [4.78, 5) is 25.6. The summed E-state index contributed by atoms with van der Waals surface area (Å²) in [5.74, 6) is -0.570. The van der Waals surface area contributed by atoms with Crippen LogP contribution in [-0.4, -0.2) is 20.7 Å². The van der Waals surface area contributed by atoms with Gasteiger partial charge in [-0.2, -0.15) is 0 Å². The number of nitrogens with one attached hydrogen (secondary N) is 1. The van der Waals surface area contributed by atoms with E-state index in [9.17, 15) is 19.8 Å². The molecule has 1 amide bonds. The van der Waals surface area contributed by atoms with Crippen molar-refractivity contribution in [1.82, 2.24) is 9.88 Å². The maximum atomic E-state index is 13.0. The number of carbonyl (C=O) groups is 1. The Morgan fingerprint density at radius 1 is 1.38 bits per heavy atom. The van der Waals surface area contributed by atoms with E-state index in [1.54, 1.807) is 18.2 Å². The van der Waals surface area contributed by atoms with Gasteiger partial charge >= 0.3 is 0 Å². The van der Waals surface area contributed by atoms with Crippen molar-refractivity contribution >= 4 is 16.8 Å². The Balaban J connectivity index is 1.88. The number of nitrogens with zero attached hydrogens (tertiary/aromatic N) is 1. The summed E-state index contributed by atoms with van der Waals surface area (Å²) in [6.45, 7) is 2.00. The van der Waals surface area contributed by atoms with Crippen LogP contribution in [0, 0.1) is 0 Å². The van der Waals surface area contributed by atoms with Crippen molar-refractivity contribution < 1.29 is 19.4 Å². The number of hydrogen-bond donors (Lipinski definition) is 3. The van der Waals surface area contributed by atoms with Crippen LogP contribution in [0.4, 0.5) is 0 Å². The van der Waals surface area contributed by atoms with Crippen LogP contribution < -0.4 is 10.9 Å². The van der Waals surface area contributed by atoms with Crippen LogP contribution in [0.15, 0.2) is 39.7 Å². The van der Waals surface area contributed by atoms with Crippen molar-refractivity contribution in [2.75, 3.05) is 0 Å². The molecule has 0 bridgehead atoms. The summed E-state index contributed by atoms with van der Waals surface area (Å²) >= 11 is 0.